The molecule has 18 heavy (non-hydrogen) atoms. The van der Waals surface area contributed by atoms with Gasteiger partial charge in [0, 0.05) is 6.20 Å². The van der Waals surface area contributed by atoms with E-state index in [1.54, 1.807) is 12.1 Å². The number of pyridine rings is 1. The predicted molar refractivity (Wildman–Crippen MR) is 66.3 cm³/mol. The topological polar surface area (TPSA) is 57.7 Å². The highest BCUT2D eigenvalue weighted by molar-refractivity contribution is 5.88. The molecule has 1 heterocycles. The van der Waals surface area contributed by atoms with Crippen molar-refractivity contribution in [3.8, 4) is 0 Å². The van der Waals surface area contributed by atoms with Gasteiger partial charge in [0.2, 0.25) is 0 Å². The summed E-state index contributed by atoms with van der Waals surface area (Å²) in [6.07, 6.45) is 1.70. The summed E-state index contributed by atoms with van der Waals surface area (Å²) in [4.78, 5) is 15.3. The zero-order chi connectivity index (χ0) is 13.4. The Bertz CT molecular complexity index is 362. The third kappa shape index (κ3) is 5.25. The number of aromatic nitrogens is 1. The van der Waals surface area contributed by atoms with Crippen LogP contribution in [-0.4, -0.2) is 37.4 Å². The van der Waals surface area contributed by atoms with Crippen molar-refractivity contribution in [1.82, 2.24) is 4.98 Å². The van der Waals surface area contributed by atoms with Crippen molar-refractivity contribution in [2.24, 2.45) is 0 Å². The van der Waals surface area contributed by atoms with Crippen molar-refractivity contribution in [3.63, 3.8) is 0 Å². The van der Waals surface area contributed by atoms with Crippen LogP contribution in [0, 0.1) is 0 Å². The van der Waals surface area contributed by atoms with E-state index >= 15 is 0 Å². The highest BCUT2D eigenvalue weighted by Crippen LogP contribution is 2.03. The third-order valence-corrected chi connectivity index (χ3v) is 2.17. The van der Waals surface area contributed by atoms with Crippen LogP contribution in [0.15, 0.2) is 18.3 Å². The monoisotopic (exact) mass is 253 g/mol. The Kier molecular flexibility index (Phi) is 6.32. The summed E-state index contributed by atoms with van der Waals surface area (Å²) >= 11 is 0. The van der Waals surface area contributed by atoms with Gasteiger partial charge in [0.1, 0.15) is 0 Å². The first-order chi connectivity index (χ1) is 8.63. The van der Waals surface area contributed by atoms with E-state index in [0.717, 1.165) is 5.69 Å². The highest BCUT2D eigenvalue weighted by Gasteiger charge is 2.05. The standard InChI is InChI=1S/C13H19NO4/c1-10(2)18-7-6-17-9-12-5-4-11(8-14-12)13(15)16-3/h4-5,8,10H,6-7,9H2,1-3H3. The lowest BCUT2D eigenvalue weighted by atomic mass is 10.2. The molecule has 1 aromatic heterocycles. The number of carbonyl (C=O) groups excluding carboxylic acids is 1. The molecule has 0 aromatic carbocycles. The molecule has 1 aromatic rings. The maximum Gasteiger partial charge on any atom is 0.339 e. The predicted octanol–water partition coefficient (Wildman–Crippen LogP) is 1.81. The second-order valence-corrected chi connectivity index (χ2v) is 4.00. The number of carbonyl (C=O) groups is 1. The van der Waals surface area contributed by atoms with Crippen LogP contribution in [0.2, 0.25) is 0 Å². The maximum atomic E-state index is 11.2. The number of ether oxygens (including phenoxy) is 3. The number of rotatable bonds is 7. The fraction of sp³-hybridized carbons (Fsp3) is 0.538. The number of methoxy groups -OCH3 is 1. The van der Waals surface area contributed by atoms with E-state index in [1.807, 2.05) is 13.8 Å². The van der Waals surface area contributed by atoms with Crippen LogP contribution in [-0.2, 0) is 20.8 Å². The first-order valence-corrected chi connectivity index (χ1v) is 5.86. The molecule has 0 aliphatic heterocycles. The fourth-order valence-electron chi connectivity index (χ4n) is 1.27. The lowest BCUT2D eigenvalue weighted by Gasteiger charge is -2.08. The van der Waals surface area contributed by atoms with Crippen LogP contribution in [0.5, 0.6) is 0 Å². The van der Waals surface area contributed by atoms with Crippen molar-refractivity contribution < 1.29 is 19.0 Å². The lowest BCUT2D eigenvalue weighted by molar-refractivity contribution is 0.0135. The van der Waals surface area contributed by atoms with E-state index in [9.17, 15) is 4.79 Å². The van der Waals surface area contributed by atoms with Gasteiger partial charge in [-0.2, -0.15) is 0 Å². The SMILES string of the molecule is COC(=O)c1ccc(COCCOC(C)C)nc1. The van der Waals surface area contributed by atoms with E-state index in [4.69, 9.17) is 9.47 Å². The molecule has 100 valence electrons. The van der Waals surface area contributed by atoms with Crippen molar-refractivity contribution in [3.05, 3.63) is 29.6 Å². The van der Waals surface area contributed by atoms with Crippen molar-refractivity contribution in [1.29, 1.82) is 0 Å². The second-order valence-electron chi connectivity index (χ2n) is 4.00. The van der Waals surface area contributed by atoms with Crippen molar-refractivity contribution in [2.45, 2.75) is 26.6 Å². The van der Waals surface area contributed by atoms with Crippen molar-refractivity contribution in [2.75, 3.05) is 20.3 Å². The number of esters is 1. The Morgan fingerprint density at radius 1 is 1.33 bits per heavy atom. The Balaban J connectivity index is 2.29. The summed E-state index contributed by atoms with van der Waals surface area (Å²) in [7, 11) is 1.34. The number of hydrogen-bond donors (Lipinski definition) is 0. The van der Waals surface area contributed by atoms with Gasteiger partial charge in [-0.1, -0.05) is 0 Å². The lowest BCUT2D eigenvalue weighted by Crippen LogP contribution is -2.10. The summed E-state index contributed by atoms with van der Waals surface area (Å²) in [6, 6.07) is 3.41. The fourth-order valence-corrected chi connectivity index (χ4v) is 1.27. The van der Waals surface area contributed by atoms with E-state index < -0.39 is 0 Å². The number of hydrogen-bond acceptors (Lipinski definition) is 5. The molecule has 0 bridgehead atoms. The Morgan fingerprint density at radius 2 is 2.11 bits per heavy atom. The molecular weight excluding hydrogens is 234 g/mol. The summed E-state index contributed by atoms with van der Waals surface area (Å²) < 4.78 is 15.3. The molecule has 0 radical (unpaired) electrons. The van der Waals surface area contributed by atoms with E-state index in [2.05, 4.69) is 9.72 Å². The van der Waals surface area contributed by atoms with Gasteiger partial charge >= 0.3 is 5.97 Å². The van der Waals surface area contributed by atoms with Crippen LogP contribution < -0.4 is 0 Å². The molecule has 1 rings (SSSR count). The molecular formula is C13H19NO4. The van der Waals surface area contributed by atoms with Crippen molar-refractivity contribution >= 4 is 5.97 Å². The summed E-state index contributed by atoms with van der Waals surface area (Å²) in [5.41, 5.74) is 1.21. The molecule has 0 fully saturated rings. The Hall–Kier alpha value is -1.46. The van der Waals surface area contributed by atoms with Gasteiger partial charge in [-0.05, 0) is 26.0 Å². The summed E-state index contributed by atoms with van der Waals surface area (Å²) in [6.45, 7) is 5.46. The molecule has 0 unspecified atom stereocenters. The highest BCUT2D eigenvalue weighted by atomic mass is 16.5. The quantitative estimate of drug-likeness (QED) is 0.548. The van der Waals surface area contributed by atoms with Gasteiger partial charge in [0.05, 0.1) is 44.3 Å². The minimum atomic E-state index is -0.389. The van der Waals surface area contributed by atoms with Gasteiger partial charge in [0.15, 0.2) is 0 Å². The van der Waals surface area contributed by atoms with Crippen LogP contribution in [0.4, 0.5) is 0 Å². The molecule has 0 N–H and O–H groups in total. The van der Waals surface area contributed by atoms with Gasteiger partial charge in [0.25, 0.3) is 0 Å². The average molecular weight is 253 g/mol. The molecule has 5 nitrogen and oxygen atoms in total. The molecule has 0 spiro atoms. The number of nitrogens with zero attached hydrogens (tertiary/aromatic N) is 1. The first kappa shape index (κ1) is 14.6. The Labute approximate surface area is 107 Å². The third-order valence-electron chi connectivity index (χ3n) is 2.17. The molecule has 0 aliphatic carbocycles. The zero-order valence-corrected chi connectivity index (χ0v) is 11.0. The zero-order valence-electron chi connectivity index (χ0n) is 11.0. The van der Waals surface area contributed by atoms with Gasteiger partial charge in [-0.3, -0.25) is 4.98 Å². The molecule has 0 amide bonds. The van der Waals surface area contributed by atoms with Gasteiger partial charge in [-0.15, -0.1) is 0 Å². The molecule has 0 saturated heterocycles. The summed E-state index contributed by atoms with van der Waals surface area (Å²) in [5.74, 6) is -0.389. The van der Waals surface area contributed by atoms with E-state index in [-0.39, 0.29) is 12.1 Å². The second kappa shape index (κ2) is 7.79. The van der Waals surface area contributed by atoms with Gasteiger partial charge < -0.3 is 14.2 Å². The average Bonchev–Trinajstić information content (AvgIpc) is 2.38. The van der Waals surface area contributed by atoms with E-state index in [0.29, 0.717) is 25.4 Å². The van der Waals surface area contributed by atoms with Crippen LogP contribution >= 0.6 is 0 Å². The minimum Gasteiger partial charge on any atom is -0.465 e. The molecule has 0 aliphatic rings. The molecule has 0 saturated carbocycles. The largest absolute Gasteiger partial charge is 0.465 e. The van der Waals surface area contributed by atoms with Gasteiger partial charge in [-0.25, -0.2) is 4.79 Å². The van der Waals surface area contributed by atoms with E-state index in [1.165, 1.54) is 13.3 Å². The first-order valence-electron chi connectivity index (χ1n) is 5.86. The van der Waals surface area contributed by atoms with Crippen LogP contribution in [0.3, 0.4) is 0 Å². The Morgan fingerprint density at radius 3 is 2.67 bits per heavy atom. The van der Waals surface area contributed by atoms with Crippen LogP contribution in [0.1, 0.15) is 29.9 Å². The smallest absolute Gasteiger partial charge is 0.339 e. The normalized spacial score (nSPS) is 10.7. The maximum absolute atomic E-state index is 11.2. The minimum absolute atomic E-state index is 0.214. The molecule has 5 heteroatoms. The summed E-state index contributed by atoms with van der Waals surface area (Å²) in [5, 5.41) is 0. The van der Waals surface area contributed by atoms with Crippen LogP contribution in [0.25, 0.3) is 0 Å². The molecule has 0 atom stereocenters.